The van der Waals surface area contributed by atoms with E-state index in [1.165, 1.54) is 5.56 Å². The second-order valence-electron chi connectivity index (χ2n) is 5.45. The average Bonchev–Trinajstić information content (AvgIpc) is 2.73. The quantitative estimate of drug-likeness (QED) is 0.598. The largest absolute Gasteiger partial charge is 0.473 e. The van der Waals surface area contributed by atoms with E-state index in [0.29, 0.717) is 5.41 Å². The topological polar surface area (TPSA) is 13.1 Å². The maximum Gasteiger partial charge on any atom is 0.0902 e. The van der Waals surface area contributed by atoms with Crippen LogP contribution < -0.4 is 0 Å². The first-order valence-electron chi connectivity index (χ1n) is 5.88. The molecule has 0 saturated carbocycles. The molecule has 1 aromatic heterocycles. The minimum Gasteiger partial charge on any atom is -0.473 e. The maximum absolute atomic E-state index is 4.58. The molecular formula is C16H24O. The van der Waals surface area contributed by atoms with Gasteiger partial charge < -0.3 is 4.42 Å². The summed E-state index contributed by atoms with van der Waals surface area (Å²) < 4.78 is 4.58. The molecule has 0 radical (unpaired) electrons. The second-order valence-corrected chi connectivity index (χ2v) is 5.45. The third kappa shape index (κ3) is 17.1. The molecule has 0 aliphatic heterocycles. The molecule has 0 bridgehead atoms. The molecule has 2 rings (SSSR count). The standard InChI is InChI=1S/C7H8.C5H12.C4H4O/c1-7-5-3-2-4-6-7;1-5(2,3)4;1-2-4-5-3-1/h2-6H,1H3;1-4H3;1-4H. The van der Waals surface area contributed by atoms with E-state index in [4.69, 9.17) is 0 Å². The van der Waals surface area contributed by atoms with Crippen molar-refractivity contribution >= 4 is 0 Å². The molecule has 1 nitrogen and oxygen atoms in total. The zero-order chi connectivity index (χ0) is 13.1. The fourth-order valence-corrected chi connectivity index (χ4v) is 0.761. The highest BCUT2D eigenvalue weighted by atomic mass is 16.3. The van der Waals surface area contributed by atoms with Crippen LogP contribution in [0, 0.1) is 12.3 Å². The molecule has 1 aromatic carbocycles. The Morgan fingerprint density at radius 3 is 1.35 bits per heavy atom. The van der Waals surface area contributed by atoms with Crippen molar-refractivity contribution in [3.8, 4) is 0 Å². The summed E-state index contributed by atoms with van der Waals surface area (Å²) in [7, 11) is 0. The molecule has 0 aliphatic carbocycles. The summed E-state index contributed by atoms with van der Waals surface area (Å²) in [6.07, 6.45) is 3.25. The van der Waals surface area contributed by atoms with Crippen LogP contribution in [0.3, 0.4) is 0 Å². The van der Waals surface area contributed by atoms with Crippen molar-refractivity contribution in [3.05, 3.63) is 60.6 Å². The summed E-state index contributed by atoms with van der Waals surface area (Å²) in [5.41, 5.74) is 1.82. The van der Waals surface area contributed by atoms with Crippen molar-refractivity contribution in [2.45, 2.75) is 34.6 Å². The monoisotopic (exact) mass is 232 g/mol. The molecule has 0 fully saturated rings. The molecule has 0 saturated heterocycles. The van der Waals surface area contributed by atoms with Crippen LogP contribution in [0.15, 0.2) is 59.4 Å². The fourth-order valence-electron chi connectivity index (χ4n) is 0.761. The van der Waals surface area contributed by atoms with Gasteiger partial charge in [-0.2, -0.15) is 0 Å². The molecule has 0 amide bonds. The SMILES string of the molecule is CC(C)(C)C.Cc1ccccc1.c1ccoc1. The molecule has 0 unspecified atom stereocenters. The van der Waals surface area contributed by atoms with Gasteiger partial charge in [0.2, 0.25) is 0 Å². The van der Waals surface area contributed by atoms with Gasteiger partial charge >= 0.3 is 0 Å². The Morgan fingerprint density at radius 2 is 1.18 bits per heavy atom. The van der Waals surface area contributed by atoms with Gasteiger partial charge in [-0.05, 0) is 24.5 Å². The minimum absolute atomic E-state index is 0.500. The zero-order valence-electron chi connectivity index (χ0n) is 11.6. The van der Waals surface area contributed by atoms with Gasteiger partial charge in [0, 0.05) is 0 Å². The van der Waals surface area contributed by atoms with E-state index < -0.39 is 0 Å². The second kappa shape index (κ2) is 8.63. The molecule has 94 valence electrons. The molecule has 2 aromatic rings. The van der Waals surface area contributed by atoms with E-state index in [1.54, 1.807) is 12.5 Å². The van der Waals surface area contributed by atoms with Crippen molar-refractivity contribution in [1.82, 2.24) is 0 Å². The number of hydrogen-bond acceptors (Lipinski definition) is 1. The first-order chi connectivity index (χ1) is 7.89. The number of rotatable bonds is 0. The minimum atomic E-state index is 0.500. The Bertz CT molecular complexity index is 318. The molecule has 0 atom stereocenters. The normalized spacial score (nSPS) is 9.47. The van der Waals surface area contributed by atoms with Crippen molar-refractivity contribution in [2.24, 2.45) is 5.41 Å². The average molecular weight is 232 g/mol. The van der Waals surface area contributed by atoms with Crippen molar-refractivity contribution < 1.29 is 4.42 Å². The highest BCUT2D eigenvalue weighted by Crippen LogP contribution is 2.08. The van der Waals surface area contributed by atoms with Crippen molar-refractivity contribution in [2.75, 3.05) is 0 Å². The Labute approximate surface area is 105 Å². The first-order valence-corrected chi connectivity index (χ1v) is 5.88. The van der Waals surface area contributed by atoms with Gasteiger partial charge in [0.1, 0.15) is 0 Å². The van der Waals surface area contributed by atoms with Gasteiger partial charge in [-0.15, -0.1) is 0 Å². The van der Waals surface area contributed by atoms with Crippen LogP contribution in [0.2, 0.25) is 0 Å². The van der Waals surface area contributed by atoms with Crippen LogP contribution >= 0.6 is 0 Å². The zero-order valence-corrected chi connectivity index (χ0v) is 11.6. The predicted octanol–water partition coefficient (Wildman–Crippen LogP) is 5.33. The summed E-state index contributed by atoms with van der Waals surface area (Å²) in [4.78, 5) is 0. The molecule has 0 spiro atoms. The van der Waals surface area contributed by atoms with E-state index in [1.807, 2.05) is 30.3 Å². The van der Waals surface area contributed by atoms with Crippen molar-refractivity contribution in [1.29, 1.82) is 0 Å². The van der Waals surface area contributed by atoms with E-state index in [0.717, 1.165) is 0 Å². The van der Waals surface area contributed by atoms with Gasteiger partial charge in [0.25, 0.3) is 0 Å². The lowest BCUT2D eigenvalue weighted by molar-refractivity contribution is 0.469. The summed E-state index contributed by atoms with van der Waals surface area (Å²) >= 11 is 0. The smallest absolute Gasteiger partial charge is 0.0902 e. The van der Waals surface area contributed by atoms with Crippen LogP contribution in [0.1, 0.15) is 33.3 Å². The maximum atomic E-state index is 4.58. The predicted molar refractivity (Wildman–Crippen MR) is 75.0 cm³/mol. The Morgan fingerprint density at radius 1 is 0.765 bits per heavy atom. The van der Waals surface area contributed by atoms with Gasteiger partial charge in [-0.1, -0.05) is 63.6 Å². The van der Waals surface area contributed by atoms with Crippen molar-refractivity contribution in [3.63, 3.8) is 0 Å². The third-order valence-electron chi connectivity index (χ3n) is 1.37. The molecule has 0 N–H and O–H groups in total. The van der Waals surface area contributed by atoms with E-state index >= 15 is 0 Å². The summed E-state index contributed by atoms with van der Waals surface area (Å²) in [6, 6.07) is 13.9. The molecule has 1 heterocycles. The van der Waals surface area contributed by atoms with E-state index in [-0.39, 0.29) is 0 Å². The van der Waals surface area contributed by atoms with Crippen LogP contribution in [0.25, 0.3) is 0 Å². The Balaban J connectivity index is 0.000000232. The highest BCUT2D eigenvalue weighted by molar-refractivity contribution is 5.11. The first kappa shape index (κ1) is 15.5. The summed E-state index contributed by atoms with van der Waals surface area (Å²) in [5, 5.41) is 0. The van der Waals surface area contributed by atoms with Crippen LogP contribution in [0.4, 0.5) is 0 Å². The summed E-state index contributed by atoms with van der Waals surface area (Å²) in [6.45, 7) is 10.8. The lowest BCUT2D eigenvalue weighted by Crippen LogP contribution is -1.93. The molecule has 1 heteroatoms. The van der Waals surface area contributed by atoms with Crippen LogP contribution in [0.5, 0.6) is 0 Å². The number of hydrogen-bond donors (Lipinski definition) is 0. The van der Waals surface area contributed by atoms with E-state index in [2.05, 4.69) is 51.2 Å². The van der Waals surface area contributed by atoms with Crippen LogP contribution in [-0.4, -0.2) is 0 Å². The number of aryl methyl sites for hydroxylation is 1. The van der Waals surface area contributed by atoms with Gasteiger partial charge in [0.15, 0.2) is 0 Å². The number of benzene rings is 1. The third-order valence-corrected chi connectivity index (χ3v) is 1.37. The molecular weight excluding hydrogens is 208 g/mol. The molecule has 0 aliphatic rings. The molecule has 17 heavy (non-hydrogen) atoms. The van der Waals surface area contributed by atoms with Gasteiger partial charge in [-0.3, -0.25) is 0 Å². The van der Waals surface area contributed by atoms with Gasteiger partial charge in [0.05, 0.1) is 12.5 Å². The summed E-state index contributed by atoms with van der Waals surface area (Å²) in [5.74, 6) is 0. The highest BCUT2D eigenvalue weighted by Gasteiger charge is 1.95. The number of furan rings is 1. The van der Waals surface area contributed by atoms with Crippen LogP contribution in [-0.2, 0) is 0 Å². The lowest BCUT2D eigenvalue weighted by atomic mass is 10.0. The van der Waals surface area contributed by atoms with Gasteiger partial charge in [-0.25, -0.2) is 0 Å². The Hall–Kier alpha value is -1.50. The van der Waals surface area contributed by atoms with E-state index in [9.17, 15) is 0 Å². The Kier molecular flexibility index (Phi) is 7.87. The lowest BCUT2D eigenvalue weighted by Gasteiger charge is -2.05. The fraction of sp³-hybridized carbons (Fsp3) is 0.375.